The van der Waals surface area contributed by atoms with Crippen molar-refractivity contribution in [2.75, 3.05) is 0 Å². The molecule has 2 saturated carbocycles. The third-order valence-corrected chi connectivity index (χ3v) is 5.03. The predicted molar refractivity (Wildman–Crippen MR) is 62.2 cm³/mol. The smallest absolute Gasteiger partial charge is 0.0355 e. The molecule has 0 radical (unpaired) electrons. The normalized spacial score (nSPS) is 44.8. The van der Waals surface area contributed by atoms with Crippen LogP contribution in [0.1, 0.15) is 59.3 Å². The lowest BCUT2D eigenvalue weighted by molar-refractivity contribution is 0.164. The average molecular weight is 194 g/mol. The monoisotopic (exact) mass is 194 g/mol. The van der Waals surface area contributed by atoms with E-state index in [4.69, 9.17) is 0 Å². The third-order valence-electron chi connectivity index (χ3n) is 5.03. The van der Waals surface area contributed by atoms with Crippen LogP contribution in [0.4, 0.5) is 0 Å². The zero-order chi connectivity index (χ0) is 10.1. The van der Waals surface area contributed by atoms with Crippen molar-refractivity contribution in [3.8, 4) is 0 Å². The maximum Gasteiger partial charge on any atom is -0.0355 e. The van der Waals surface area contributed by atoms with Gasteiger partial charge in [-0.3, -0.25) is 0 Å². The van der Waals surface area contributed by atoms with Crippen LogP contribution in [0.15, 0.2) is 0 Å². The fourth-order valence-electron chi connectivity index (χ4n) is 3.83. The number of hydrogen-bond donors (Lipinski definition) is 0. The Balaban J connectivity index is 1.87. The van der Waals surface area contributed by atoms with E-state index in [1.807, 2.05) is 0 Å². The fourth-order valence-corrected chi connectivity index (χ4v) is 3.83. The molecular weight excluding hydrogens is 168 g/mol. The number of hydrogen-bond acceptors (Lipinski definition) is 0. The van der Waals surface area contributed by atoms with E-state index >= 15 is 0 Å². The van der Waals surface area contributed by atoms with E-state index in [1.54, 1.807) is 6.42 Å². The Bertz CT molecular complexity index is 184. The molecule has 0 aromatic rings. The van der Waals surface area contributed by atoms with Gasteiger partial charge >= 0.3 is 0 Å². The minimum absolute atomic E-state index is 1.01. The summed E-state index contributed by atoms with van der Waals surface area (Å²) in [6.45, 7) is 7.39. The second-order valence-electron chi connectivity index (χ2n) is 5.85. The van der Waals surface area contributed by atoms with Gasteiger partial charge in [-0.25, -0.2) is 0 Å². The van der Waals surface area contributed by atoms with Crippen LogP contribution < -0.4 is 0 Å². The summed E-state index contributed by atoms with van der Waals surface area (Å²) in [5, 5.41) is 0. The van der Waals surface area contributed by atoms with E-state index in [-0.39, 0.29) is 0 Å². The summed E-state index contributed by atoms with van der Waals surface area (Å²) in [6.07, 6.45) is 8.99. The first-order valence-corrected chi connectivity index (χ1v) is 6.74. The number of rotatable bonds is 3. The Kier molecular flexibility index (Phi) is 3.19. The van der Waals surface area contributed by atoms with Crippen LogP contribution in [-0.2, 0) is 0 Å². The van der Waals surface area contributed by atoms with Crippen LogP contribution >= 0.6 is 0 Å². The highest BCUT2D eigenvalue weighted by molar-refractivity contribution is 4.92. The molecule has 0 heterocycles. The third kappa shape index (κ3) is 1.99. The lowest BCUT2D eigenvalue weighted by Crippen LogP contribution is -2.25. The highest BCUT2D eigenvalue weighted by Gasteiger charge is 2.43. The highest BCUT2D eigenvalue weighted by atomic mass is 14.5. The molecule has 2 rings (SSSR count). The van der Waals surface area contributed by atoms with Gasteiger partial charge in [0.25, 0.3) is 0 Å². The molecule has 14 heavy (non-hydrogen) atoms. The van der Waals surface area contributed by atoms with Gasteiger partial charge in [0.2, 0.25) is 0 Å². The maximum absolute atomic E-state index is 2.53. The molecule has 0 saturated heterocycles. The molecule has 0 amide bonds. The molecule has 0 spiro atoms. The topological polar surface area (TPSA) is 0 Å². The summed E-state index contributed by atoms with van der Waals surface area (Å²) in [4.78, 5) is 0. The highest BCUT2D eigenvalue weighted by Crippen LogP contribution is 2.51. The van der Waals surface area contributed by atoms with Gasteiger partial charge in [-0.15, -0.1) is 0 Å². The van der Waals surface area contributed by atoms with Crippen molar-refractivity contribution in [2.24, 2.45) is 29.6 Å². The lowest BCUT2D eigenvalue weighted by atomic mass is 9.72. The molecular formula is C14H26. The van der Waals surface area contributed by atoms with Crippen LogP contribution in [0.5, 0.6) is 0 Å². The zero-order valence-corrected chi connectivity index (χ0v) is 10.1. The summed E-state index contributed by atoms with van der Waals surface area (Å²) in [6, 6.07) is 0. The molecule has 82 valence electrons. The van der Waals surface area contributed by atoms with Gasteiger partial charge in [0.05, 0.1) is 0 Å². The summed E-state index contributed by atoms with van der Waals surface area (Å²) in [7, 11) is 0. The van der Waals surface area contributed by atoms with E-state index in [1.165, 1.54) is 32.1 Å². The van der Waals surface area contributed by atoms with E-state index in [0.717, 1.165) is 29.6 Å². The second-order valence-corrected chi connectivity index (χ2v) is 5.85. The molecule has 0 heteroatoms. The average Bonchev–Trinajstić information content (AvgIpc) is 2.96. The summed E-state index contributed by atoms with van der Waals surface area (Å²) in [5.74, 6) is 5.29. The first-order valence-electron chi connectivity index (χ1n) is 6.74. The molecule has 0 aliphatic heterocycles. The minimum Gasteiger partial charge on any atom is -0.0651 e. The van der Waals surface area contributed by atoms with Gasteiger partial charge < -0.3 is 0 Å². The van der Waals surface area contributed by atoms with Crippen molar-refractivity contribution in [1.29, 1.82) is 0 Å². The molecule has 0 aromatic heterocycles. The van der Waals surface area contributed by atoms with Gasteiger partial charge in [-0.2, -0.15) is 0 Å². The van der Waals surface area contributed by atoms with Crippen molar-refractivity contribution < 1.29 is 0 Å². The molecule has 2 aliphatic carbocycles. The predicted octanol–water partition coefficient (Wildman–Crippen LogP) is 4.49. The summed E-state index contributed by atoms with van der Waals surface area (Å²) in [5.41, 5.74) is 0. The largest absolute Gasteiger partial charge is 0.0651 e. The van der Waals surface area contributed by atoms with Crippen molar-refractivity contribution in [1.82, 2.24) is 0 Å². The standard InChI is InChI=1S/C14H26/c1-4-12-9-14(12)11(3)13-8-6-5-7-10(13)2/h10-14H,4-9H2,1-3H3. The van der Waals surface area contributed by atoms with Crippen molar-refractivity contribution in [3.63, 3.8) is 0 Å². The van der Waals surface area contributed by atoms with Crippen LogP contribution in [0.2, 0.25) is 0 Å². The van der Waals surface area contributed by atoms with Crippen LogP contribution in [0.3, 0.4) is 0 Å². The van der Waals surface area contributed by atoms with Gasteiger partial charge in [0.1, 0.15) is 0 Å². The minimum atomic E-state index is 1.01. The van der Waals surface area contributed by atoms with Gasteiger partial charge in [0, 0.05) is 0 Å². The molecule has 2 aliphatic rings. The van der Waals surface area contributed by atoms with Crippen LogP contribution in [0, 0.1) is 29.6 Å². The van der Waals surface area contributed by atoms with Crippen LogP contribution in [-0.4, -0.2) is 0 Å². The zero-order valence-electron chi connectivity index (χ0n) is 10.1. The Morgan fingerprint density at radius 3 is 2.43 bits per heavy atom. The molecule has 0 N–H and O–H groups in total. The quantitative estimate of drug-likeness (QED) is 0.621. The molecule has 0 bridgehead atoms. The van der Waals surface area contributed by atoms with Gasteiger partial charge in [0.15, 0.2) is 0 Å². The Morgan fingerprint density at radius 1 is 1.14 bits per heavy atom. The maximum atomic E-state index is 2.53. The molecule has 2 fully saturated rings. The first-order chi connectivity index (χ1) is 6.74. The Labute approximate surface area is 89.5 Å². The van der Waals surface area contributed by atoms with Crippen LogP contribution in [0.25, 0.3) is 0 Å². The molecule has 5 atom stereocenters. The van der Waals surface area contributed by atoms with Gasteiger partial charge in [-0.05, 0) is 42.4 Å². The van der Waals surface area contributed by atoms with E-state index < -0.39 is 0 Å². The van der Waals surface area contributed by atoms with E-state index in [9.17, 15) is 0 Å². The van der Waals surface area contributed by atoms with Gasteiger partial charge in [-0.1, -0.05) is 46.5 Å². The first kappa shape index (κ1) is 10.5. The molecule has 5 unspecified atom stereocenters. The summed E-state index contributed by atoms with van der Waals surface area (Å²) >= 11 is 0. The van der Waals surface area contributed by atoms with Crippen molar-refractivity contribution in [2.45, 2.75) is 59.3 Å². The summed E-state index contributed by atoms with van der Waals surface area (Å²) < 4.78 is 0. The Morgan fingerprint density at radius 2 is 1.86 bits per heavy atom. The molecule has 0 aromatic carbocycles. The SMILES string of the molecule is CCC1CC1C(C)C1CCCCC1C. The Hall–Kier alpha value is 0. The molecule has 0 nitrogen and oxygen atoms in total. The van der Waals surface area contributed by atoms with E-state index in [0.29, 0.717) is 0 Å². The lowest BCUT2D eigenvalue weighted by Gasteiger charge is -2.34. The van der Waals surface area contributed by atoms with Crippen molar-refractivity contribution >= 4 is 0 Å². The van der Waals surface area contributed by atoms with E-state index in [2.05, 4.69) is 20.8 Å². The fraction of sp³-hybridized carbons (Fsp3) is 1.00. The second kappa shape index (κ2) is 4.24. The van der Waals surface area contributed by atoms with Crippen molar-refractivity contribution in [3.05, 3.63) is 0 Å².